The fraction of sp³-hybridized carbons (Fsp3) is 1.00. The molecule has 4 fully saturated rings. The van der Waals surface area contributed by atoms with Crippen LogP contribution in [0.3, 0.4) is 0 Å². The van der Waals surface area contributed by atoms with Gasteiger partial charge in [-0.15, -0.1) is 0 Å². The highest BCUT2D eigenvalue weighted by Crippen LogP contribution is 2.69. The standard InChI is InChI=1S/C25H41F3O2/c1-5-24(30)13-12-22(3)16(14-24)6-7-17-19-9-8-18(15(2)21(29)25(26,27)28)23(19,4)11-10-20(17)22/h15-21,29-30H,5-14H2,1-4H3/t15-,16-,17-,18+,19-,20-,21-,22-,23?,24-/m0/s1. The van der Waals surface area contributed by atoms with E-state index in [1.54, 1.807) is 6.92 Å². The monoisotopic (exact) mass is 430 g/mol. The van der Waals surface area contributed by atoms with Crippen LogP contribution in [0.5, 0.6) is 0 Å². The van der Waals surface area contributed by atoms with E-state index in [1.165, 1.54) is 0 Å². The van der Waals surface area contributed by atoms with Gasteiger partial charge in [-0.2, -0.15) is 13.2 Å². The van der Waals surface area contributed by atoms with Crippen LogP contribution in [0.1, 0.15) is 91.9 Å². The fourth-order valence-corrected chi connectivity index (χ4v) is 9.07. The van der Waals surface area contributed by atoms with Gasteiger partial charge in [0.2, 0.25) is 0 Å². The Bertz CT molecular complexity index is 651. The maximum absolute atomic E-state index is 13.2. The first-order valence-corrected chi connectivity index (χ1v) is 12.3. The smallest absolute Gasteiger partial charge is 0.390 e. The highest BCUT2D eigenvalue weighted by Gasteiger charge is 2.62. The maximum atomic E-state index is 13.2. The SMILES string of the molecule is CC[C@]1(O)CC[C@@]2(C)[C@@H](CC[C@H]3[C@@H]4CC[C@H]([C@H](C)[C@H](O)C(F)(F)F)C4(C)CC[C@@H]32)C1. The van der Waals surface area contributed by atoms with E-state index < -0.39 is 23.8 Å². The Morgan fingerprint density at radius 1 is 0.933 bits per heavy atom. The Labute approximate surface area is 180 Å². The van der Waals surface area contributed by atoms with E-state index in [4.69, 9.17) is 0 Å². The number of rotatable bonds is 3. The second kappa shape index (κ2) is 7.37. The molecule has 0 bridgehead atoms. The lowest BCUT2D eigenvalue weighted by Crippen LogP contribution is -2.56. The van der Waals surface area contributed by atoms with Gasteiger partial charge in [0, 0.05) is 0 Å². The largest absolute Gasteiger partial charge is 0.414 e. The summed E-state index contributed by atoms with van der Waals surface area (Å²) >= 11 is 0. The molecule has 0 aromatic rings. The lowest BCUT2D eigenvalue weighted by molar-refractivity contribution is -0.228. The van der Waals surface area contributed by atoms with Crippen molar-refractivity contribution < 1.29 is 23.4 Å². The number of halogens is 3. The van der Waals surface area contributed by atoms with Gasteiger partial charge in [0.05, 0.1) is 5.60 Å². The van der Waals surface area contributed by atoms with Gasteiger partial charge < -0.3 is 10.2 Å². The summed E-state index contributed by atoms with van der Waals surface area (Å²) in [7, 11) is 0. The second-order valence-electron chi connectivity index (χ2n) is 12.0. The van der Waals surface area contributed by atoms with E-state index >= 15 is 0 Å². The summed E-state index contributed by atoms with van der Waals surface area (Å²) in [6, 6.07) is 0. The maximum Gasteiger partial charge on any atom is 0.414 e. The van der Waals surface area contributed by atoms with E-state index in [1.807, 2.05) is 0 Å². The van der Waals surface area contributed by atoms with E-state index in [2.05, 4.69) is 20.8 Å². The topological polar surface area (TPSA) is 40.5 Å². The Morgan fingerprint density at radius 3 is 2.23 bits per heavy atom. The average molecular weight is 431 g/mol. The summed E-state index contributed by atoms with van der Waals surface area (Å²) in [5.41, 5.74) is -0.322. The first-order valence-electron chi connectivity index (χ1n) is 12.3. The molecule has 30 heavy (non-hydrogen) atoms. The lowest BCUT2D eigenvalue weighted by Gasteiger charge is -2.62. The van der Waals surface area contributed by atoms with Crippen LogP contribution < -0.4 is 0 Å². The number of hydrogen-bond acceptors (Lipinski definition) is 2. The Kier molecular flexibility index (Phi) is 5.62. The molecule has 0 radical (unpaired) electrons. The first kappa shape index (κ1) is 22.9. The molecule has 0 spiro atoms. The Hall–Kier alpha value is -0.290. The molecule has 0 aromatic carbocycles. The third-order valence-corrected chi connectivity index (χ3v) is 11.0. The number of aliphatic hydroxyl groups excluding tert-OH is 1. The van der Waals surface area contributed by atoms with Crippen LogP contribution >= 0.6 is 0 Å². The zero-order valence-corrected chi connectivity index (χ0v) is 19.1. The summed E-state index contributed by atoms with van der Waals surface area (Å²) in [6.45, 7) is 8.40. The summed E-state index contributed by atoms with van der Waals surface area (Å²) in [5.74, 6) is 1.49. The van der Waals surface area contributed by atoms with E-state index in [-0.39, 0.29) is 16.7 Å². The van der Waals surface area contributed by atoms with Crippen molar-refractivity contribution in [1.82, 2.24) is 0 Å². The normalized spacial score (nSPS) is 50.9. The molecule has 10 atom stereocenters. The molecule has 0 aromatic heterocycles. The first-order chi connectivity index (χ1) is 13.9. The fourth-order valence-electron chi connectivity index (χ4n) is 9.07. The summed E-state index contributed by atoms with van der Waals surface area (Å²) < 4.78 is 39.7. The quantitative estimate of drug-likeness (QED) is 0.548. The Balaban J connectivity index is 1.54. The minimum atomic E-state index is -4.53. The molecule has 0 aliphatic heterocycles. The van der Waals surface area contributed by atoms with Crippen molar-refractivity contribution in [3.63, 3.8) is 0 Å². The molecule has 5 heteroatoms. The number of hydrogen-bond donors (Lipinski definition) is 2. The molecule has 2 N–H and O–H groups in total. The minimum absolute atomic E-state index is 0.0536. The highest BCUT2D eigenvalue weighted by molar-refractivity contribution is 5.11. The van der Waals surface area contributed by atoms with Crippen LogP contribution in [0.4, 0.5) is 13.2 Å². The van der Waals surface area contributed by atoms with Crippen LogP contribution in [-0.4, -0.2) is 28.1 Å². The van der Waals surface area contributed by atoms with Crippen LogP contribution in [-0.2, 0) is 0 Å². The van der Waals surface area contributed by atoms with Crippen molar-refractivity contribution in [2.75, 3.05) is 0 Å². The minimum Gasteiger partial charge on any atom is -0.390 e. The molecular formula is C25H41F3O2. The third kappa shape index (κ3) is 3.36. The molecule has 0 heterocycles. The molecular weight excluding hydrogens is 389 g/mol. The van der Waals surface area contributed by atoms with Crippen molar-refractivity contribution in [1.29, 1.82) is 0 Å². The van der Waals surface area contributed by atoms with Crippen molar-refractivity contribution >= 4 is 0 Å². The van der Waals surface area contributed by atoms with Crippen molar-refractivity contribution in [2.45, 2.75) is 110 Å². The van der Waals surface area contributed by atoms with Crippen LogP contribution in [0.2, 0.25) is 0 Å². The van der Waals surface area contributed by atoms with Gasteiger partial charge in [0.1, 0.15) is 0 Å². The number of fused-ring (bicyclic) bond motifs is 5. The van der Waals surface area contributed by atoms with Gasteiger partial charge in [-0.1, -0.05) is 27.7 Å². The third-order valence-electron chi connectivity index (χ3n) is 11.0. The highest BCUT2D eigenvalue weighted by atomic mass is 19.4. The molecule has 4 aliphatic rings. The molecule has 2 nitrogen and oxygen atoms in total. The van der Waals surface area contributed by atoms with Gasteiger partial charge in [-0.05, 0) is 111 Å². The molecule has 4 saturated carbocycles. The van der Waals surface area contributed by atoms with Crippen LogP contribution in [0.25, 0.3) is 0 Å². The van der Waals surface area contributed by atoms with Gasteiger partial charge in [-0.3, -0.25) is 0 Å². The van der Waals surface area contributed by atoms with Crippen LogP contribution in [0.15, 0.2) is 0 Å². The van der Waals surface area contributed by atoms with Crippen molar-refractivity contribution in [3.05, 3.63) is 0 Å². The van der Waals surface area contributed by atoms with E-state index in [0.29, 0.717) is 23.7 Å². The van der Waals surface area contributed by atoms with Crippen molar-refractivity contribution in [3.8, 4) is 0 Å². The second-order valence-corrected chi connectivity index (χ2v) is 12.0. The molecule has 1 unspecified atom stereocenters. The summed E-state index contributed by atoms with van der Waals surface area (Å²) in [6.07, 6.45) is 3.19. The molecule has 0 amide bonds. The zero-order valence-electron chi connectivity index (χ0n) is 19.1. The van der Waals surface area contributed by atoms with Gasteiger partial charge in [0.15, 0.2) is 6.10 Å². The molecule has 0 saturated heterocycles. The van der Waals surface area contributed by atoms with Gasteiger partial charge >= 0.3 is 6.18 Å². The van der Waals surface area contributed by atoms with E-state index in [0.717, 1.165) is 64.2 Å². The van der Waals surface area contributed by atoms with Gasteiger partial charge in [-0.25, -0.2) is 0 Å². The molecule has 4 rings (SSSR count). The average Bonchev–Trinajstić information content (AvgIpc) is 3.04. The predicted molar refractivity (Wildman–Crippen MR) is 112 cm³/mol. The molecule has 4 aliphatic carbocycles. The van der Waals surface area contributed by atoms with Crippen molar-refractivity contribution in [2.24, 2.45) is 46.3 Å². The number of aliphatic hydroxyl groups is 2. The summed E-state index contributed by atoms with van der Waals surface area (Å²) in [4.78, 5) is 0. The van der Waals surface area contributed by atoms with E-state index in [9.17, 15) is 23.4 Å². The molecule has 174 valence electrons. The van der Waals surface area contributed by atoms with Crippen LogP contribution in [0, 0.1) is 46.3 Å². The Morgan fingerprint density at radius 2 is 1.60 bits per heavy atom. The zero-order chi connectivity index (χ0) is 22.1. The summed E-state index contributed by atoms with van der Waals surface area (Å²) in [5, 5.41) is 20.9. The predicted octanol–water partition coefficient (Wildman–Crippen LogP) is 6.35. The lowest BCUT2D eigenvalue weighted by atomic mass is 9.43. The van der Waals surface area contributed by atoms with Gasteiger partial charge in [0.25, 0.3) is 0 Å². The number of alkyl halides is 3.